The quantitative estimate of drug-likeness (QED) is 0.574. The fourth-order valence-electron chi connectivity index (χ4n) is 2.24. The van der Waals surface area contributed by atoms with Crippen molar-refractivity contribution in [3.63, 3.8) is 0 Å². The van der Waals surface area contributed by atoms with Crippen LogP contribution in [0, 0.1) is 0 Å². The molecule has 0 saturated heterocycles. The zero-order chi connectivity index (χ0) is 18.6. The van der Waals surface area contributed by atoms with E-state index in [0.717, 1.165) is 0 Å². The molecule has 0 spiro atoms. The van der Waals surface area contributed by atoms with Crippen LogP contribution in [-0.2, 0) is 24.3 Å². The van der Waals surface area contributed by atoms with Gasteiger partial charge < -0.3 is 15.0 Å². The summed E-state index contributed by atoms with van der Waals surface area (Å²) in [7, 11) is -2.23. The Morgan fingerprint density at radius 2 is 2.08 bits per heavy atom. The van der Waals surface area contributed by atoms with Crippen LogP contribution in [0.25, 0.3) is 0 Å². The molecule has 1 atom stereocenters. The zero-order valence-corrected chi connectivity index (χ0v) is 14.7. The lowest BCUT2D eigenvalue weighted by molar-refractivity contribution is -0.154. The van der Waals surface area contributed by atoms with Gasteiger partial charge in [-0.1, -0.05) is 18.2 Å². The van der Waals surface area contributed by atoms with Crippen molar-refractivity contribution in [2.75, 3.05) is 20.1 Å². The zero-order valence-electron chi connectivity index (χ0n) is 13.9. The van der Waals surface area contributed by atoms with Crippen molar-refractivity contribution in [2.24, 2.45) is 4.40 Å². The predicted octanol–water partition coefficient (Wildman–Crippen LogP) is 0.301. The number of hydrogen-bond acceptors (Lipinski definition) is 6. The van der Waals surface area contributed by atoms with Crippen LogP contribution in [0.15, 0.2) is 46.2 Å². The van der Waals surface area contributed by atoms with Gasteiger partial charge in [0.05, 0.1) is 0 Å². The minimum atomic E-state index is -3.76. The number of sulfonamides is 1. The Morgan fingerprint density at radius 1 is 1.40 bits per heavy atom. The van der Waals surface area contributed by atoms with Crippen molar-refractivity contribution in [3.8, 4) is 0 Å². The smallest absolute Gasteiger partial charge is 0.326 e. The lowest BCUT2D eigenvalue weighted by Crippen LogP contribution is -2.39. The van der Waals surface area contributed by atoms with E-state index >= 15 is 0 Å². The summed E-state index contributed by atoms with van der Waals surface area (Å²) in [6.07, 6.45) is 0.540. The Labute approximate surface area is 146 Å². The van der Waals surface area contributed by atoms with Crippen LogP contribution < -0.4 is 5.32 Å². The lowest BCUT2D eigenvalue weighted by Gasteiger charge is -2.19. The van der Waals surface area contributed by atoms with E-state index in [1.807, 2.05) is 0 Å². The van der Waals surface area contributed by atoms with Crippen LogP contribution in [0.3, 0.4) is 0 Å². The molecule has 8 nitrogen and oxygen atoms in total. The van der Waals surface area contributed by atoms with E-state index in [4.69, 9.17) is 4.74 Å². The molecule has 1 aliphatic heterocycles. The largest absolute Gasteiger partial charge is 0.451 e. The maximum Gasteiger partial charge on any atom is 0.326 e. The van der Waals surface area contributed by atoms with Gasteiger partial charge in [-0.2, -0.15) is 8.42 Å². The Kier molecular flexibility index (Phi) is 5.58. The second kappa shape index (κ2) is 7.47. The van der Waals surface area contributed by atoms with Gasteiger partial charge in [0.15, 0.2) is 11.9 Å². The van der Waals surface area contributed by atoms with E-state index in [0.29, 0.717) is 5.56 Å². The number of amides is 1. The van der Waals surface area contributed by atoms with Gasteiger partial charge in [0.25, 0.3) is 15.9 Å². The SMILES string of the molecule is C=CCNC(=O)[C@@H](C)OC(=O)CN(C)C1=NS(=O)(=O)c2ccccc21. The summed E-state index contributed by atoms with van der Waals surface area (Å²) in [4.78, 5) is 25.2. The minimum absolute atomic E-state index is 0.0994. The molecule has 0 radical (unpaired) electrons. The number of fused-ring (bicyclic) bond motifs is 1. The van der Waals surface area contributed by atoms with Crippen molar-refractivity contribution in [1.29, 1.82) is 0 Å². The highest BCUT2D eigenvalue weighted by Gasteiger charge is 2.31. The molecule has 0 unspecified atom stereocenters. The molecule has 1 heterocycles. The number of carbonyl (C=O) groups is 2. The van der Waals surface area contributed by atoms with Crippen LogP contribution >= 0.6 is 0 Å². The molecule has 0 saturated carbocycles. The number of rotatable bonds is 6. The number of ether oxygens (including phenoxy) is 1. The summed E-state index contributed by atoms with van der Waals surface area (Å²) in [6.45, 7) is 4.94. The normalized spacial score (nSPS) is 15.5. The fourth-order valence-corrected chi connectivity index (χ4v) is 3.49. The first kappa shape index (κ1) is 18.7. The van der Waals surface area contributed by atoms with E-state index < -0.39 is 28.0 Å². The number of nitrogens with zero attached hydrogens (tertiary/aromatic N) is 2. The molecule has 1 N–H and O–H groups in total. The summed E-state index contributed by atoms with van der Waals surface area (Å²) in [5, 5.41) is 2.52. The summed E-state index contributed by atoms with van der Waals surface area (Å²) < 4.78 is 32.8. The number of esters is 1. The van der Waals surface area contributed by atoms with Crippen LogP contribution in [0.4, 0.5) is 0 Å². The van der Waals surface area contributed by atoms with Crippen LogP contribution in [0.5, 0.6) is 0 Å². The highest BCUT2D eigenvalue weighted by molar-refractivity contribution is 7.90. The highest BCUT2D eigenvalue weighted by Crippen LogP contribution is 2.26. The third kappa shape index (κ3) is 4.24. The molecule has 1 aromatic rings. The Balaban J connectivity index is 2.03. The van der Waals surface area contributed by atoms with Crippen LogP contribution in [-0.4, -0.2) is 57.3 Å². The van der Waals surface area contributed by atoms with E-state index in [9.17, 15) is 18.0 Å². The summed E-state index contributed by atoms with van der Waals surface area (Å²) >= 11 is 0. The van der Waals surface area contributed by atoms with Crippen molar-refractivity contribution < 1.29 is 22.7 Å². The first-order chi connectivity index (χ1) is 11.8. The molecule has 134 valence electrons. The molecular formula is C16H19N3O5S. The maximum absolute atomic E-state index is 12.0. The fraction of sp³-hybridized carbons (Fsp3) is 0.312. The predicted molar refractivity (Wildman–Crippen MR) is 91.6 cm³/mol. The third-order valence-corrected chi connectivity index (χ3v) is 4.76. The van der Waals surface area contributed by atoms with Gasteiger partial charge in [-0.25, -0.2) is 0 Å². The minimum Gasteiger partial charge on any atom is -0.451 e. The summed E-state index contributed by atoms with van der Waals surface area (Å²) in [5.74, 6) is -0.952. The van der Waals surface area contributed by atoms with Crippen LogP contribution in [0.2, 0.25) is 0 Å². The average molecular weight is 365 g/mol. The summed E-state index contributed by atoms with van der Waals surface area (Å²) in [6, 6.07) is 6.37. The Hall–Kier alpha value is -2.68. The molecule has 25 heavy (non-hydrogen) atoms. The monoisotopic (exact) mass is 365 g/mol. The molecule has 0 fully saturated rings. The van der Waals surface area contributed by atoms with E-state index in [1.54, 1.807) is 18.2 Å². The number of amidine groups is 1. The topological polar surface area (TPSA) is 105 Å². The molecule has 9 heteroatoms. The van der Waals surface area contributed by atoms with Gasteiger partial charge >= 0.3 is 5.97 Å². The van der Waals surface area contributed by atoms with Crippen molar-refractivity contribution in [2.45, 2.75) is 17.9 Å². The molecule has 2 rings (SSSR count). The number of nitrogens with one attached hydrogen (secondary N) is 1. The first-order valence-electron chi connectivity index (χ1n) is 7.50. The number of carbonyl (C=O) groups excluding carboxylic acids is 2. The highest BCUT2D eigenvalue weighted by atomic mass is 32.2. The van der Waals surface area contributed by atoms with Crippen molar-refractivity contribution >= 4 is 27.7 Å². The Bertz CT molecular complexity index is 832. The van der Waals surface area contributed by atoms with E-state index in [1.165, 1.54) is 31.0 Å². The van der Waals surface area contributed by atoms with Gasteiger partial charge in [0, 0.05) is 19.2 Å². The van der Waals surface area contributed by atoms with E-state index in [2.05, 4.69) is 16.3 Å². The van der Waals surface area contributed by atoms with Gasteiger partial charge in [-0.05, 0) is 19.1 Å². The van der Waals surface area contributed by atoms with E-state index in [-0.39, 0.29) is 23.8 Å². The second-order valence-electron chi connectivity index (χ2n) is 5.41. The molecule has 1 aromatic carbocycles. The van der Waals surface area contributed by atoms with Gasteiger partial charge in [-0.15, -0.1) is 11.0 Å². The molecule has 0 bridgehead atoms. The number of hydrogen-bond donors (Lipinski definition) is 1. The molecular weight excluding hydrogens is 346 g/mol. The van der Waals surface area contributed by atoms with Gasteiger partial charge in [0.1, 0.15) is 11.4 Å². The van der Waals surface area contributed by atoms with Gasteiger partial charge in [0.2, 0.25) is 0 Å². The van der Waals surface area contributed by atoms with Crippen molar-refractivity contribution in [1.82, 2.24) is 10.2 Å². The van der Waals surface area contributed by atoms with Crippen molar-refractivity contribution in [3.05, 3.63) is 42.5 Å². The second-order valence-corrected chi connectivity index (χ2v) is 6.98. The van der Waals surface area contributed by atoms with Crippen LogP contribution in [0.1, 0.15) is 12.5 Å². The lowest BCUT2D eigenvalue weighted by atomic mass is 10.2. The van der Waals surface area contributed by atoms with Gasteiger partial charge in [-0.3, -0.25) is 9.59 Å². The third-order valence-electron chi connectivity index (χ3n) is 3.44. The number of benzene rings is 1. The average Bonchev–Trinajstić information content (AvgIpc) is 2.84. The molecule has 0 aliphatic carbocycles. The maximum atomic E-state index is 12.0. The molecule has 1 aliphatic rings. The summed E-state index contributed by atoms with van der Waals surface area (Å²) in [5.41, 5.74) is 0.426. The Morgan fingerprint density at radius 3 is 2.76 bits per heavy atom. The number of likely N-dealkylation sites (N-methyl/N-ethyl adjacent to an activating group) is 1. The molecule has 1 amide bonds. The first-order valence-corrected chi connectivity index (χ1v) is 8.94. The molecule has 0 aromatic heterocycles. The standard InChI is InChI=1S/C16H19N3O5S/c1-4-9-17-16(21)11(2)24-14(20)10-19(3)15-12-7-5-6-8-13(12)25(22,23)18-15/h4-8,11H,1,9-10H2,2-3H3,(H,17,21)/t11-/m1/s1.